The summed E-state index contributed by atoms with van der Waals surface area (Å²) in [6, 6.07) is 4.27. The second kappa shape index (κ2) is 7.13. The van der Waals surface area contributed by atoms with Gasteiger partial charge in [0.05, 0.1) is 12.2 Å². The van der Waals surface area contributed by atoms with E-state index < -0.39 is 11.7 Å². The highest BCUT2D eigenvalue weighted by Crippen LogP contribution is 2.39. The summed E-state index contributed by atoms with van der Waals surface area (Å²) in [5.74, 6) is 0.188. The molecule has 1 heterocycles. The van der Waals surface area contributed by atoms with Gasteiger partial charge in [-0.25, -0.2) is 0 Å². The maximum Gasteiger partial charge on any atom is 0.416 e. The second-order valence-electron chi connectivity index (χ2n) is 5.11. The van der Waals surface area contributed by atoms with Crippen molar-refractivity contribution in [3.63, 3.8) is 0 Å². The van der Waals surface area contributed by atoms with Gasteiger partial charge in [-0.2, -0.15) is 13.2 Å². The maximum atomic E-state index is 13.3. The highest BCUT2D eigenvalue weighted by molar-refractivity contribution is 5.40. The van der Waals surface area contributed by atoms with Crippen molar-refractivity contribution in [2.24, 2.45) is 0 Å². The predicted octanol–water partition coefficient (Wildman–Crippen LogP) is 3.20. The normalized spacial score (nSPS) is 17.0. The highest BCUT2D eigenvalue weighted by Gasteiger charge is 2.36. The molecule has 0 radical (unpaired) electrons. The van der Waals surface area contributed by atoms with Crippen molar-refractivity contribution < 1.29 is 22.6 Å². The summed E-state index contributed by atoms with van der Waals surface area (Å²) in [4.78, 5) is 0. The van der Waals surface area contributed by atoms with Crippen LogP contribution in [0.3, 0.4) is 0 Å². The average molecular weight is 303 g/mol. The van der Waals surface area contributed by atoms with Crippen LogP contribution in [0, 0.1) is 0 Å². The quantitative estimate of drug-likeness (QED) is 0.847. The van der Waals surface area contributed by atoms with Crippen molar-refractivity contribution in [3.8, 4) is 5.75 Å². The fourth-order valence-corrected chi connectivity index (χ4v) is 2.60. The van der Waals surface area contributed by atoms with Crippen molar-refractivity contribution in [1.29, 1.82) is 0 Å². The molecule has 0 bridgehead atoms. The van der Waals surface area contributed by atoms with Crippen molar-refractivity contribution in [2.45, 2.75) is 24.9 Å². The Morgan fingerprint density at radius 3 is 2.52 bits per heavy atom. The highest BCUT2D eigenvalue weighted by atomic mass is 19.4. The minimum atomic E-state index is -4.36. The lowest BCUT2D eigenvalue weighted by Crippen LogP contribution is -2.27. The number of methoxy groups -OCH3 is 1. The summed E-state index contributed by atoms with van der Waals surface area (Å²) in [6.07, 6.45) is -2.90. The zero-order valence-corrected chi connectivity index (χ0v) is 12.0. The molecule has 3 nitrogen and oxygen atoms in total. The minimum absolute atomic E-state index is 0.0455. The molecule has 1 aliphatic heterocycles. The number of hydrogen-bond acceptors (Lipinski definition) is 3. The van der Waals surface area contributed by atoms with Gasteiger partial charge in [0.1, 0.15) is 12.4 Å². The van der Waals surface area contributed by atoms with E-state index in [1.54, 1.807) is 12.1 Å². The first-order valence-electron chi connectivity index (χ1n) is 7.06. The molecular formula is C15H20F3NO2. The lowest BCUT2D eigenvalue weighted by Gasteiger charge is -2.26. The number of benzene rings is 1. The standard InChI is InChI=1S/C15H20F3NO2/c1-20-8-9-21-12-2-3-13(11-4-6-19-7-5-11)14(10-12)15(16,17)18/h2-3,10-11,19H,4-9H2,1H3. The van der Waals surface area contributed by atoms with E-state index in [1.807, 2.05) is 0 Å². The fraction of sp³-hybridized carbons (Fsp3) is 0.600. The van der Waals surface area contributed by atoms with E-state index >= 15 is 0 Å². The van der Waals surface area contributed by atoms with E-state index in [1.165, 1.54) is 7.11 Å². The van der Waals surface area contributed by atoms with Crippen molar-refractivity contribution in [3.05, 3.63) is 29.3 Å². The molecule has 1 saturated heterocycles. The summed E-state index contributed by atoms with van der Waals surface area (Å²) in [7, 11) is 1.52. The third-order valence-electron chi connectivity index (χ3n) is 3.67. The Morgan fingerprint density at radius 2 is 1.90 bits per heavy atom. The summed E-state index contributed by atoms with van der Waals surface area (Å²) >= 11 is 0. The van der Waals surface area contributed by atoms with E-state index in [2.05, 4.69) is 5.32 Å². The molecule has 0 amide bonds. The zero-order chi connectivity index (χ0) is 15.3. The van der Waals surface area contributed by atoms with Crippen LogP contribution in [0.2, 0.25) is 0 Å². The molecule has 0 atom stereocenters. The molecule has 1 N–H and O–H groups in total. The van der Waals surface area contributed by atoms with E-state index in [0.717, 1.165) is 32.0 Å². The van der Waals surface area contributed by atoms with Crippen LogP contribution in [-0.2, 0) is 10.9 Å². The third kappa shape index (κ3) is 4.35. The molecule has 2 rings (SSSR count). The first-order chi connectivity index (χ1) is 10.0. The Kier molecular flexibility index (Phi) is 5.47. The van der Waals surface area contributed by atoms with Gasteiger partial charge < -0.3 is 14.8 Å². The van der Waals surface area contributed by atoms with Gasteiger partial charge in [0.2, 0.25) is 0 Å². The van der Waals surface area contributed by atoms with Crippen LogP contribution in [0.15, 0.2) is 18.2 Å². The van der Waals surface area contributed by atoms with E-state index in [4.69, 9.17) is 9.47 Å². The Balaban J connectivity index is 2.23. The largest absolute Gasteiger partial charge is 0.491 e. The maximum absolute atomic E-state index is 13.3. The average Bonchev–Trinajstić information content (AvgIpc) is 2.47. The SMILES string of the molecule is COCCOc1ccc(C2CCNCC2)c(C(F)(F)F)c1. The second-order valence-corrected chi connectivity index (χ2v) is 5.11. The van der Waals surface area contributed by atoms with Gasteiger partial charge in [-0.15, -0.1) is 0 Å². The number of alkyl halides is 3. The lowest BCUT2D eigenvalue weighted by molar-refractivity contribution is -0.138. The third-order valence-corrected chi connectivity index (χ3v) is 3.67. The summed E-state index contributed by atoms with van der Waals surface area (Å²) < 4.78 is 49.9. The Morgan fingerprint density at radius 1 is 1.19 bits per heavy atom. The molecular weight excluding hydrogens is 283 g/mol. The van der Waals surface area contributed by atoms with Gasteiger partial charge in [0.15, 0.2) is 0 Å². The van der Waals surface area contributed by atoms with Crippen LogP contribution in [0.25, 0.3) is 0 Å². The van der Waals surface area contributed by atoms with Crippen LogP contribution >= 0.6 is 0 Å². The molecule has 21 heavy (non-hydrogen) atoms. The van der Waals surface area contributed by atoms with Gasteiger partial charge in [0, 0.05) is 7.11 Å². The number of halogens is 3. The fourth-order valence-electron chi connectivity index (χ4n) is 2.60. The Bertz CT molecular complexity index is 457. The van der Waals surface area contributed by atoms with Crippen LogP contribution < -0.4 is 10.1 Å². The minimum Gasteiger partial charge on any atom is -0.491 e. The first-order valence-corrected chi connectivity index (χ1v) is 7.06. The number of nitrogens with one attached hydrogen (secondary N) is 1. The molecule has 0 saturated carbocycles. The smallest absolute Gasteiger partial charge is 0.416 e. The summed E-state index contributed by atoms with van der Waals surface area (Å²) in [6.45, 7) is 2.10. The first kappa shape index (κ1) is 16.1. The number of rotatable bonds is 5. The molecule has 1 aromatic carbocycles. The predicted molar refractivity (Wildman–Crippen MR) is 73.7 cm³/mol. The molecule has 0 unspecified atom stereocenters. The number of piperidine rings is 1. The van der Waals surface area contributed by atoms with Gasteiger partial charge in [0.25, 0.3) is 0 Å². The van der Waals surface area contributed by atoms with E-state index in [0.29, 0.717) is 12.2 Å². The van der Waals surface area contributed by atoms with Crippen LogP contribution in [0.4, 0.5) is 13.2 Å². The van der Waals surface area contributed by atoms with Crippen LogP contribution in [-0.4, -0.2) is 33.4 Å². The van der Waals surface area contributed by atoms with Gasteiger partial charge in [-0.3, -0.25) is 0 Å². The lowest BCUT2D eigenvalue weighted by atomic mass is 9.87. The van der Waals surface area contributed by atoms with Gasteiger partial charge in [-0.05, 0) is 49.5 Å². The Labute approximate surface area is 122 Å². The Hall–Kier alpha value is -1.27. The van der Waals surface area contributed by atoms with Crippen molar-refractivity contribution in [2.75, 3.05) is 33.4 Å². The number of hydrogen-bond donors (Lipinski definition) is 1. The molecule has 1 fully saturated rings. The number of ether oxygens (including phenoxy) is 2. The van der Waals surface area contributed by atoms with Gasteiger partial charge in [-0.1, -0.05) is 6.07 Å². The topological polar surface area (TPSA) is 30.5 Å². The molecule has 6 heteroatoms. The molecule has 1 aliphatic rings. The van der Waals surface area contributed by atoms with Crippen LogP contribution in [0.5, 0.6) is 5.75 Å². The van der Waals surface area contributed by atoms with E-state index in [9.17, 15) is 13.2 Å². The van der Waals surface area contributed by atoms with Crippen LogP contribution in [0.1, 0.15) is 29.9 Å². The summed E-state index contributed by atoms with van der Waals surface area (Å²) in [5.41, 5.74) is -0.201. The molecule has 0 aliphatic carbocycles. The molecule has 0 aromatic heterocycles. The monoisotopic (exact) mass is 303 g/mol. The molecule has 118 valence electrons. The van der Waals surface area contributed by atoms with Crippen molar-refractivity contribution >= 4 is 0 Å². The van der Waals surface area contributed by atoms with Crippen molar-refractivity contribution in [1.82, 2.24) is 5.32 Å². The summed E-state index contributed by atoms with van der Waals surface area (Å²) in [5, 5.41) is 3.17. The molecule has 1 aromatic rings. The zero-order valence-electron chi connectivity index (χ0n) is 12.0. The molecule has 0 spiro atoms. The van der Waals surface area contributed by atoms with E-state index in [-0.39, 0.29) is 18.3 Å². The van der Waals surface area contributed by atoms with Gasteiger partial charge >= 0.3 is 6.18 Å².